The third-order valence-electron chi connectivity index (χ3n) is 13.9. The number of allylic oxidation sites excluding steroid dienone is 20. The molecule has 0 bridgehead atoms. The zero-order valence-corrected chi connectivity index (χ0v) is 51.6. The Balaban J connectivity index is 4.30. The molecule has 79 heavy (non-hydrogen) atoms. The van der Waals surface area contributed by atoms with E-state index in [1.807, 2.05) is 0 Å². The second kappa shape index (κ2) is 66.3. The lowest BCUT2D eigenvalue weighted by atomic mass is 10.0. The molecule has 6 heteroatoms. The summed E-state index contributed by atoms with van der Waals surface area (Å²) in [6.07, 6.45) is 92.2. The maximum Gasteiger partial charge on any atom is 0.306 e. The Kier molecular flexibility index (Phi) is 62.8. The van der Waals surface area contributed by atoms with Crippen molar-refractivity contribution in [3.8, 4) is 0 Å². The van der Waals surface area contributed by atoms with Crippen molar-refractivity contribution in [2.75, 3.05) is 13.2 Å². The summed E-state index contributed by atoms with van der Waals surface area (Å²) in [5.41, 5.74) is 0. The highest BCUT2D eigenvalue weighted by atomic mass is 16.6. The first-order valence-corrected chi connectivity index (χ1v) is 33.0. The quantitative estimate of drug-likeness (QED) is 0.0261. The van der Waals surface area contributed by atoms with Crippen LogP contribution in [-0.2, 0) is 28.6 Å². The Bertz CT molecular complexity index is 1640. The smallest absolute Gasteiger partial charge is 0.306 e. The molecule has 0 saturated carbocycles. The first-order chi connectivity index (χ1) is 39.0. The predicted octanol–water partition coefficient (Wildman–Crippen LogP) is 22.8. The van der Waals surface area contributed by atoms with E-state index in [2.05, 4.69) is 142 Å². The number of carbonyl (C=O) groups excluding carboxylic acids is 3. The zero-order valence-electron chi connectivity index (χ0n) is 51.6. The van der Waals surface area contributed by atoms with Crippen LogP contribution in [0.15, 0.2) is 122 Å². The summed E-state index contributed by atoms with van der Waals surface area (Å²) in [7, 11) is 0. The van der Waals surface area contributed by atoms with Crippen molar-refractivity contribution in [3.05, 3.63) is 122 Å². The summed E-state index contributed by atoms with van der Waals surface area (Å²) in [5, 5.41) is 0. The molecule has 0 amide bonds. The fourth-order valence-corrected chi connectivity index (χ4v) is 9.04. The molecule has 1 unspecified atom stereocenters. The first-order valence-electron chi connectivity index (χ1n) is 33.0. The Hall–Kier alpha value is -4.19. The summed E-state index contributed by atoms with van der Waals surface area (Å²) in [5.74, 6) is -0.929. The number of hydrogen-bond acceptors (Lipinski definition) is 6. The van der Waals surface area contributed by atoms with Crippen molar-refractivity contribution >= 4 is 17.9 Å². The van der Waals surface area contributed by atoms with E-state index in [9.17, 15) is 14.4 Å². The van der Waals surface area contributed by atoms with Crippen LogP contribution in [0.5, 0.6) is 0 Å². The minimum Gasteiger partial charge on any atom is -0.462 e. The highest BCUT2D eigenvalue weighted by Gasteiger charge is 2.19. The Morgan fingerprint density at radius 3 is 0.797 bits per heavy atom. The van der Waals surface area contributed by atoms with Crippen LogP contribution in [-0.4, -0.2) is 37.2 Å². The summed E-state index contributed by atoms with van der Waals surface area (Å²) in [4.78, 5) is 38.3. The van der Waals surface area contributed by atoms with Crippen molar-refractivity contribution in [1.82, 2.24) is 0 Å². The summed E-state index contributed by atoms with van der Waals surface area (Å²) in [6.45, 7) is 6.38. The fraction of sp³-hybridized carbons (Fsp3) is 0.685. The van der Waals surface area contributed by atoms with E-state index in [0.29, 0.717) is 12.8 Å². The molecule has 0 heterocycles. The van der Waals surface area contributed by atoms with Gasteiger partial charge in [0.2, 0.25) is 0 Å². The van der Waals surface area contributed by atoms with Crippen LogP contribution >= 0.6 is 0 Å². The van der Waals surface area contributed by atoms with Crippen molar-refractivity contribution in [2.24, 2.45) is 0 Å². The van der Waals surface area contributed by atoms with Gasteiger partial charge in [-0.25, -0.2) is 0 Å². The molecule has 0 rings (SSSR count). The number of ether oxygens (including phenoxy) is 3. The molecule has 0 radical (unpaired) electrons. The number of carbonyl (C=O) groups is 3. The highest BCUT2D eigenvalue weighted by Crippen LogP contribution is 2.16. The number of rotatable bonds is 59. The van der Waals surface area contributed by atoms with Gasteiger partial charge in [-0.05, 0) is 128 Å². The summed E-state index contributed by atoms with van der Waals surface area (Å²) in [6, 6.07) is 0. The van der Waals surface area contributed by atoms with Crippen molar-refractivity contribution < 1.29 is 28.6 Å². The van der Waals surface area contributed by atoms with Crippen LogP contribution in [0.3, 0.4) is 0 Å². The molecule has 1 atom stereocenters. The largest absolute Gasteiger partial charge is 0.462 e. The number of unbranched alkanes of at least 4 members (excludes halogenated alkanes) is 28. The lowest BCUT2D eigenvalue weighted by Crippen LogP contribution is -2.30. The summed E-state index contributed by atoms with van der Waals surface area (Å²) < 4.78 is 16.9. The fourth-order valence-electron chi connectivity index (χ4n) is 9.04. The van der Waals surface area contributed by atoms with E-state index >= 15 is 0 Å². The van der Waals surface area contributed by atoms with E-state index < -0.39 is 6.10 Å². The van der Waals surface area contributed by atoms with Gasteiger partial charge in [-0.2, -0.15) is 0 Å². The van der Waals surface area contributed by atoms with Gasteiger partial charge in [-0.1, -0.05) is 277 Å². The second-order valence-corrected chi connectivity index (χ2v) is 21.6. The van der Waals surface area contributed by atoms with Crippen molar-refractivity contribution in [2.45, 2.75) is 309 Å². The zero-order chi connectivity index (χ0) is 57.1. The van der Waals surface area contributed by atoms with E-state index in [1.54, 1.807) is 0 Å². The Morgan fingerprint density at radius 1 is 0.266 bits per heavy atom. The van der Waals surface area contributed by atoms with Crippen LogP contribution in [0.4, 0.5) is 0 Å². The summed E-state index contributed by atoms with van der Waals surface area (Å²) >= 11 is 0. The average Bonchev–Trinajstić information content (AvgIpc) is 3.45. The Morgan fingerprint density at radius 2 is 0.494 bits per heavy atom. The van der Waals surface area contributed by atoms with Crippen molar-refractivity contribution in [3.63, 3.8) is 0 Å². The number of esters is 3. The monoisotopic (exact) mass is 1090 g/mol. The molecule has 0 aliphatic carbocycles. The molecule has 0 aliphatic heterocycles. The topological polar surface area (TPSA) is 78.9 Å². The van der Waals surface area contributed by atoms with Gasteiger partial charge in [-0.15, -0.1) is 0 Å². The van der Waals surface area contributed by atoms with Crippen LogP contribution in [0, 0.1) is 0 Å². The molecule has 0 aromatic carbocycles. The van der Waals surface area contributed by atoms with Crippen LogP contribution < -0.4 is 0 Å². The van der Waals surface area contributed by atoms with Crippen LogP contribution in [0.1, 0.15) is 303 Å². The molecule has 0 aliphatic rings. The second-order valence-electron chi connectivity index (χ2n) is 21.6. The molecule has 0 saturated heterocycles. The predicted molar refractivity (Wildman–Crippen MR) is 343 cm³/mol. The average molecular weight is 1100 g/mol. The van der Waals surface area contributed by atoms with Gasteiger partial charge in [0.15, 0.2) is 6.10 Å². The maximum absolute atomic E-state index is 12.9. The lowest BCUT2D eigenvalue weighted by Gasteiger charge is -2.18. The molecular weight excluding hydrogens is 973 g/mol. The van der Waals surface area contributed by atoms with E-state index in [0.717, 1.165) is 128 Å². The standard InChI is InChI=1S/C73H122O6/c1-4-7-10-13-16-19-22-25-27-29-31-32-33-34-35-36-37-38-39-40-42-43-45-48-51-54-57-60-63-66-72(75)78-69-70(68-77-71(74)65-62-59-56-53-50-47-24-21-18-15-12-9-6-3)79-73(76)67-64-61-58-55-52-49-46-44-41-30-28-26-23-20-17-14-11-8-5-2/h7-8,10-11,16-17,19-21,24-28,31-32,41,44,49,52,70H,4-6,9,12-15,18,22-23,29-30,33-40,42-43,45-48,50-51,53-69H2,1-3H3/b10-7-,11-8-,19-16-,20-17-,24-21-,27-25-,28-26-,32-31-,44-41-,52-49-. The van der Waals surface area contributed by atoms with Crippen LogP contribution in [0.2, 0.25) is 0 Å². The minimum absolute atomic E-state index is 0.0944. The molecular formula is C73H122O6. The van der Waals surface area contributed by atoms with Gasteiger partial charge in [0.05, 0.1) is 0 Å². The Labute approximate surface area is 488 Å². The maximum atomic E-state index is 12.9. The molecule has 450 valence electrons. The highest BCUT2D eigenvalue weighted by molar-refractivity contribution is 5.71. The third kappa shape index (κ3) is 64.5. The van der Waals surface area contributed by atoms with E-state index in [-0.39, 0.29) is 37.5 Å². The normalized spacial score (nSPS) is 12.9. The molecule has 0 fully saturated rings. The molecule has 0 spiro atoms. The molecule has 6 nitrogen and oxygen atoms in total. The third-order valence-corrected chi connectivity index (χ3v) is 13.9. The SMILES string of the molecule is CC/C=C\C/C=C\C/C=C\C/C=C\C/C=C\CCCCCC(=O)OC(COC(=O)CCCCCCC/C=C\CCCCCC)COC(=O)CCCCCCCCCCCCCCCCCC/C=C\C/C=C\C/C=C\C/C=C\CC. The number of hydrogen-bond donors (Lipinski definition) is 0. The molecule has 0 aromatic heterocycles. The van der Waals surface area contributed by atoms with Gasteiger partial charge in [0, 0.05) is 19.3 Å². The first kappa shape index (κ1) is 74.8. The lowest BCUT2D eigenvalue weighted by molar-refractivity contribution is -0.167. The molecule has 0 aromatic rings. The molecule has 0 N–H and O–H groups in total. The van der Waals surface area contributed by atoms with Crippen LogP contribution in [0.25, 0.3) is 0 Å². The van der Waals surface area contributed by atoms with Gasteiger partial charge in [-0.3, -0.25) is 14.4 Å². The van der Waals surface area contributed by atoms with Gasteiger partial charge < -0.3 is 14.2 Å². The van der Waals surface area contributed by atoms with Gasteiger partial charge >= 0.3 is 17.9 Å². The van der Waals surface area contributed by atoms with E-state index in [1.165, 1.54) is 135 Å². The van der Waals surface area contributed by atoms with Crippen molar-refractivity contribution in [1.29, 1.82) is 0 Å². The minimum atomic E-state index is -0.802. The van der Waals surface area contributed by atoms with Gasteiger partial charge in [0.25, 0.3) is 0 Å². The van der Waals surface area contributed by atoms with E-state index in [4.69, 9.17) is 14.2 Å². The van der Waals surface area contributed by atoms with Gasteiger partial charge in [0.1, 0.15) is 13.2 Å².